The fraction of sp³-hybridized carbons (Fsp3) is 0.154. The van der Waals surface area contributed by atoms with Gasteiger partial charge in [0.1, 0.15) is 12.6 Å². The van der Waals surface area contributed by atoms with Crippen molar-refractivity contribution in [2.75, 3.05) is 0 Å². The molecule has 0 radical (unpaired) electrons. The summed E-state index contributed by atoms with van der Waals surface area (Å²) >= 11 is 0. The van der Waals surface area contributed by atoms with E-state index in [0.29, 0.717) is 13.0 Å². The Bertz CT molecular complexity index is 1280. The van der Waals surface area contributed by atoms with Crippen LogP contribution in [0, 0.1) is 0 Å². The monoisotopic (exact) mass is 409 g/mol. The van der Waals surface area contributed by atoms with Gasteiger partial charge in [-0.1, -0.05) is 72.8 Å². The predicted octanol–water partition coefficient (Wildman–Crippen LogP) is 3.75. The Kier molecular flexibility index (Phi) is 4.79. The van der Waals surface area contributed by atoms with Crippen LogP contribution in [-0.2, 0) is 29.1 Å². The Morgan fingerprint density at radius 3 is 2.32 bits per heavy atom. The Hall–Kier alpha value is -3.86. The molecule has 2 amide bonds. The van der Waals surface area contributed by atoms with Crippen molar-refractivity contribution in [3.8, 4) is 11.3 Å². The third-order valence-electron chi connectivity index (χ3n) is 6.07. The lowest BCUT2D eigenvalue weighted by Gasteiger charge is -2.35. The molecule has 2 heterocycles. The smallest absolute Gasteiger partial charge is 0.243 e. The van der Waals surface area contributed by atoms with Crippen LogP contribution in [0.5, 0.6) is 0 Å². The topological polar surface area (TPSA) is 68.3 Å². The molecule has 5 heteroatoms. The van der Waals surface area contributed by atoms with Crippen molar-refractivity contribution in [1.29, 1.82) is 0 Å². The molecule has 0 unspecified atom stereocenters. The summed E-state index contributed by atoms with van der Waals surface area (Å²) in [6.07, 6.45) is 0.454. The van der Waals surface area contributed by atoms with Crippen LogP contribution in [-0.4, -0.2) is 27.3 Å². The number of nitrogens with two attached hydrogens (primary N) is 1. The maximum atomic E-state index is 13.5. The van der Waals surface area contributed by atoms with Crippen molar-refractivity contribution < 1.29 is 9.59 Å². The number of aromatic nitrogens is 1. The lowest BCUT2D eigenvalue weighted by molar-refractivity contribution is -0.141. The third-order valence-corrected chi connectivity index (χ3v) is 6.07. The van der Waals surface area contributed by atoms with E-state index >= 15 is 0 Å². The van der Waals surface area contributed by atoms with Gasteiger partial charge in [-0.05, 0) is 28.8 Å². The first-order valence-corrected chi connectivity index (χ1v) is 10.4. The molecule has 1 aliphatic heterocycles. The highest BCUT2D eigenvalue weighted by Gasteiger charge is 2.33. The maximum absolute atomic E-state index is 13.5. The van der Waals surface area contributed by atoms with Crippen molar-refractivity contribution in [3.63, 3.8) is 0 Å². The number of carbonyl (C=O) groups excluding carboxylic acids is 2. The molecule has 1 aliphatic rings. The molecule has 3 aromatic carbocycles. The second kappa shape index (κ2) is 7.76. The summed E-state index contributed by atoms with van der Waals surface area (Å²) < 4.78 is 2.03. The molecule has 0 spiro atoms. The fourth-order valence-corrected chi connectivity index (χ4v) is 4.49. The highest BCUT2D eigenvalue weighted by Crippen LogP contribution is 2.29. The highest BCUT2D eigenvalue weighted by molar-refractivity contribution is 5.91. The number of primary amides is 1. The first-order chi connectivity index (χ1) is 15.1. The number of hydrogen-bond acceptors (Lipinski definition) is 2. The summed E-state index contributed by atoms with van der Waals surface area (Å²) in [6.45, 7) is 0.534. The summed E-state index contributed by atoms with van der Waals surface area (Å²) in [7, 11) is 0. The fourth-order valence-electron chi connectivity index (χ4n) is 4.49. The molecule has 5 nitrogen and oxygen atoms in total. The zero-order valence-electron chi connectivity index (χ0n) is 17.1. The van der Waals surface area contributed by atoms with E-state index < -0.39 is 11.9 Å². The van der Waals surface area contributed by atoms with Gasteiger partial charge in [0.25, 0.3) is 0 Å². The molecule has 0 saturated heterocycles. The molecule has 154 valence electrons. The molecule has 31 heavy (non-hydrogen) atoms. The van der Waals surface area contributed by atoms with E-state index in [1.807, 2.05) is 83.4 Å². The van der Waals surface area contributed by atoms with Gasteiger partial charge in [-0.25, -0.2) is 0 Å². The van der Waals surface area contributed by atoms with Gasteiger partial charge in [-0.15, -0.1) is 0 Å². The lowest BCUT2D eigenvalue weighted by Crippen LogP contribution is -2.52. The number of rotatable bonds is 4. The van der Waals surface area contributed by atoms with Crippen LogP contribution >= 0.6 is 0 Å². The van der Waals surface area contributed by atoms with Gasteiger partial charge in [-0.3, -0.25) is 9.59 Å². The maximum Gasteiger partial charge on any atom is 0.243 e. The van der Waals surface area contributed by atoms with Gasteiger partial charge in [0.15, 0.2) is 0 Å². The average Bonchev–Trinajstić information content (AvgIpc) is 3.17. The summed E-state index contributed by atoms with van der Waals surface area (Å²) in [5.74, 6) is -0.583. The van der Waals surface area contributed by atoms with E-state index in [9.17, 15) is 9.59 Å². The van der Waals surface area contributed by atoms with Crippen molar-refractivity contribution in [2.24, 2.45) is 5.73 Å². The Morgan fingerprint density at radius 1 is 0.871 bits per heavy atom. The Morgan fingerprint density at radius 2 is 1.55 bits per heavy atom. The number of fused-ring (bicyclic) bond motifs is 2. The quantitative estimate of drug-likeness (QED) is 0.558. The van der Waals surface area contributed by atoms with Gasteiger partial charge in [-0.2, -0.15) is 0 Å². The predicted molar refractivity (Wildman–Crippen MR) is 121 cm³/mol. The van der Waals surface area contributed by atoms with Gasteiger partial charge in [0, 0.05) is 29.6 Å². The number of benzene rings is 3. The van der Waals surface area contributed by atoms with E-state index in [2.05, 4.69) is 6.07 Å². The van der Waals surface area contributed by atoms with Crippen molar-refractivity contribution in [2.45, 2.75) is 25.6 Å². The second-order valence-electron chi connectivity index (χ2n) is 7.95. The second-order valence-corrected chi connectivity index (χ2v) is 7.95. The zero-order chi connectivity index (χ0) is 21.4. The molecule has 0 fully saturated rings. The third kappa shape index (κ3) is 3.48. The van der Waals surface area contributed by atoms with Gasteiger partial charge in [0.2, 0.25) is 11.8 Å². The van der Waals surface area contributed by atoms with Crippen molar-refractivity contribution >= 4 is 22.7 Å². The molecule has 0 saturated carbocycles. The first kappa shape index (κ1) is 19.1. The largest absolute Gasteiger partial charge is 0.368 e. The minimum absolute atomic E-state index is 0.114. The number of carbonyl (C=O) groups is 2. The molecule has 5 rings (SSSR count). The number of nitrogens with zero attached hydrogens (tertiary/aromatic N) is 2. The normalized spacial score (nSPS) is 15.6. The Balaban J connectivity index is 1.54. The minimum atomic E-state index is -0.635. The highest BCUT2D eigenvalue weighted by atomic mass is 16.2. The van der Waals surface area contributed by atoms with Crippen LogP contribution in [0.4, 0.5) is 0 Å². The van der Waals surface area contributed by atoms with Crippen LogP contribution in [0.2, 0.25) is 0 Å². The van der Waals surface area contributed by atoms with Crippen molar-refractivity contribution in [1.82, 2.24) is 9.47 Å². The van der Waals surface area contributed by atoms with Crippen molar-refractivity contribution in [3.05, 3.63) is 96.1 Å². The van der Waals surface area contributed by atoms with E-state index in [0.717, 1.165) is 33.3 Å². The van der Waals surface area contributed by atoms with E-state index in [4.69, 9.17) is 5.73 Å². The molecule has 0 bridgehead atoms. The van der Waals surface area contributed by atoms with Gasteiger partial charge >= 0.3 is 0 Å². The molecule has 2 N–H and O–H groups in total. The number of hydrogen-bond donors (Lipinski definition) is 1. The summed E-state index contributed by atoms with van der Waals surface area (Å²) in [4.78, 5) is 27.4. The molecule has 1 atom stereocenters. The summed E-state index contributed by atoms with van der Waals surface area (Å²) in [5, 5.41) is 1.07. The van der Waals surface area contributed by atoms with Crippen LogP contribution in [0.3, 0.4) is 0 Å². The number of para-hydroxylation sites is 1. The number of amides is 2. The molecule has 4 aromatic rings. The molecule has 1 aromatic heterocycles. The van der Waals surface area contributed by atoms with Crippen LogP contribution in [0.1, 0.15) is 11.1 Å². The van der Waals surface area contributed by atoms with Gasteiger partial charge < -0.3 is 15.2 Å². The molecular weight excluding hydrogens is 386 g/mol. The summed E-state index contributed by atoms with van der Waals surface area (Å²) in [6, 6.07) is 27.5. The van der Waals surface area contributed by atoms with E-state index in [-0.39, 0.29) is 12.5 Å². The van der Waals surface area contributed by atoms with E-state index in [1.54, 1.807) is 4.90 Å². The van der Waals surface area contributed by atoms with Crippen LogP contribution in [0.25, 0.3) is 22.2 Å². The lowest BCUT2D eigenvalue weighted by atomic mass is 9.93. The first-order valence-electron chi connectivity index (χ1n) is 10.4. The average molecular weight is 409 g/mol. The zero-order valence-corrected chi connectivity index (χ0v) is 17.1. The Labute approximate surface area is 180 Å². The molecular formula is C26H23N3O2. The summed E-state index contributed by atoms with van der Waals surface area (Å²) in [5.41, 5.74) is 10.8. The van der Waals surface area contributed by atoms with Gasteiger partial charge in [0.05, 0.1) is 0 Å². The molecule has 0 aliphatic carbocycles. The minimum Gasteiger partial charge on any atom is -0.368 e. The van der Waals surface area contributed by atoms with Crippen LogP contribution in [0.15, 0.2) is 84.9 Å². The SMILES string of the molecule is NC(=O)[C@H]1Cc2ccccc2CN1C(=O)Cn1c(-c2ccccc2)cc2ccccc21. The van der Waals surface area contributed by atoms with E-state index in [1.165, 1.54) is 0 Å². The standard InChI is InChI=1S/C26H23N3O2/c27-26(31)24-14-19-10-4-5-12-21(19)16-29(24)25(30)17-28-22-13-7-6-11-20(22)15-23(28)18-8-2-1-3-9-18/h1-13,15,24H,14,16-17H2,(H2,27,31)/t24-/m1/s1. The van der Waals surface area contributed by atoms with Crippen LogP contribution < -0.4 is 5.73 Å².